The van der Waals surface area contributed by atoms with Crippen LogP contribution in [0.2, 0.25) is 5.02 Å². The number of amides is 1. The molecule has 2 rings (SSSR count). The maximum absolute atomic E-state index is 12.2. The van der Waals surface area contributed by atoms with Crippen LogP contribution >= 0.6 is 11.6 Å². The molecule has 0 heterocycles. The average molecular weight is 302 g/mol. The van der Waals surface area contributed by atoms with Crippen molar-refractivity contribution >= 4 is 23.3 Å². The van der Waals surface area contributed by atoms with E-state index in [9.17, 15) is 9.59 Å². The van der Waals surface area contributed by atoms with Crippen LogP contribution in [0.5, 0.6) is 0 Å². The number of Topliss-reactive ketones (excluding diaryl/α,β-unsaturated/α-hetero) is 1. The molecule has 0 fully saturated rings. The Bertz CT molecular complexity index is 665. The topological polar surface area (TPSA) is 46.2 Å². The quantitative estimate of drug-likeness (QED) is 0.867. The third kappa shape index (κ3) is 3.70. The molecule has 0 aliphatic carbocycles. The van der Waals surface area contributed by atoms with Gasteiger partial charge in [0.15, 0.2) is 5.78 Å². The maximum Gasteiger partial charge on any atom is 0.253 e. The van der Waals surface area contributed by atoms with Crippen LogP contribution in [0.3, 0.4) is 0 Å². The number of halogens is 1. The highest BCUT2D eigenvalue weighted by Crippen LogP contribution is 2.18. The number of carbonyl (C=O) groups excluding carboxylic acids is 2. The van der Waals surface area contributed by atoms with Gasteiger partial charge in [-0.3, -0.25) is 9.59 Å². The van der Waals surface area contributed by atoms with Crippen molar-refractivity contribution in [3.63, 3.8) is 0 Å². The zero-order valence-corrected chi connectivity index (χ0v) is 12.6. The van der Waals surface area contributed by atoms with Crippen LogP contribution in [0.15, 0.2) is 48.5 Å². The molecule has 0 aliphatic heterocycles. The van der Waals surface area contributed by atoms with Crippen molar-refractivity contribution in [3.05, 3.63) is 70.2 Å². The maximum atomic E-state index is 12.2. The van der Waals surface area contributed by atoms with E-state index in [1.165, 1.54) is 6.92 Å². The van der Waals surface area contributed by atoms with Crippen molar-refractivity contribution in [2.24, 2.45) is 0 Å². The van der Waals surface area contributed by atoms with Crippen LogP contribution < -0.4 is 5.32 Å². The Hall–Kier alpha value is -2.13. The van der Waals surface area contributed by atoms with Crippen molar-refractivity contribution in [1.29, 1.82) is 0 Å². The molecule has 1 unspecified atom stereocenters. The molecule has 108 valence electrons. The monoisotopic (exact) mass is 301 g/mol. The summed E-state index contributed by atoms with van der Waals surface area (Å²) in [5.41, 5.74) is 2.04. The zero-order chi connectivity index (χ0) is 15.4. The first-order valence-electron chi connectivity index (χ1n) is 6.65. The number of benzene rings is 2. The Labute approximate surface area is 128 Å². The van der Waals surface area contributed by atoms with E-state index in [0.29, 0.717) is 16.1 Å². The molecule has 1 N–H and O–H groups in total. The fraction of sp³-hybridized carbons (Fsp3) is 0.176. The van der Waals surface area contributed by atoms with Crippen molar-refractivity contribution < 1.29 is 9.59 Å². The van der Waals surface area contributed by atoms with Gasteiger partial charge in [-0.15, -0.1) is 0 Å². The van der Waals surface area contributed by atoms with Crippen LogP contribution in [0.4, 0.5) is 0 Å². The molecule has 0 saturated heterocycles. The van der Waals surface area contributed by atoms with Gasteiger partial charge in [-0.05, 0) is 31.5 Å². The first-order valence-corrected chi connectivity index (χ1v) is 7.03. The van der Waals surface area contributed by atoms with E-state index in [-0.39, 0.29) is 17.7 Å². The molecule has 3 nitrogen and oxygen atoms in total. The molecule has 1 atom stereocenters. The lowest BCUT2D eigenvalue weighted by molar-refractivity contribution is 0.0939. The van der Waals surface area contributed by atoms with Gasteiger partial charge in [-0.1, -0.05) is 48.0 Å². The Morgan fingerprint density at radius 2 is 1.67 bits per heavy atom. The predicted octanol–water partition coefficient (Wildman–Crippen LogP) is 4.03. The van der Waals surface area contributed by atoms with E-state index in [1.807, 2.05) is 19.1 Å². The molecule has 21 heavy (non-hydrogen) atoms. The molecule has 0 aliphatic rings. The number of hydrogen-bond donors (Lipinski definition) is 1. The summed E-state index contributed by atoms with van der Waals surface area (Å²) in [6.45, 7) is 3.41. The number of carbonyl (C=O) groups is 2. The minimum Gasteiger partial charge on any atom is -0.345 e. The van der Waals surface area contributed by atoms with E-state index >= 15 is 0 Å². The third-order valence-corrected chi connectivity index (χ3v) is 3.61. The van der Waals surface area contributed by atoms with Crippen LogP contribution in [0.1, 0.15) is 46.2 Å². The molecule has 0 spiro atoms. The van der Waals surface area contributed by atoms with Gasteiger partial charge in [0.05, 0.1) is 16.6 Å². The second kappa shape index (κ2) is 6.55. The molecule has 2 aromatic carbocycles. The van der Waals surface area contributed by atoms with Gasteiger partial charge in [0.2, 0.25) is 0 Å². The number of rotatable bonds is 4. The summed E-state index contributed by atoms with van der Waals surface area (Å²) in [7, 11) is 0. The van der Waals surface area contributed by atoms with Crippen LogP contribution in [0.25, 0.3) is 0 Å². The van der Waals surface area contributed by atoms with E-state index in [2.05, 4.69) is 5.32 Å². The lowest BCUT2D eigenvalue weighted by Crippen LogP contribution is -2.26. The molecule has 0 bridgehead atoms. The number of ketones is 1. The van der Waals surface area contributed by atoms with E-state index < -0.39 is 0 Å². The molecule has 1 amide bonds. The highest BCUT2D eigenvalue weighted by Gasteiger charge is 2.13. The van der Waals surface area contributed by atoms with E-state index in [4.69, 9.17) is 11.6 Å². The van der Waals surface area contributed by atoms with Crippen LogP contribution in [-0.2, 0) is 0 Å². The number of nitrogens with one attached hydrogen (secondary N) is 1. The highest BCUT2D eigenvalue weighted by molar-refractivity contribution is 6.33. The lowest BCUT2D eigenvalue weighted by Gasteiger charge is -2.15. The Morgan fingerprint density at radius 1 is 1.05 bits per heavy atom. The van der Waals surface area contributed by atoms with Gasteiger partial charge in [-0.2, -0.15) is 0 Å². The summed E-state index contributed by atoms with van der Waals surface area (Å²) in [4.78, 5) is 23.4. The van der Waals surface area contributed by atoms with Gasteiger partial charge in [-0.25, -0.2) is 0 Å². The zero-order valence-electron chi connectivity index (χ0n) is 11.9. The molecule has 0 radical (unpaired) electrons. The van der Waals surface area contributed by atoms with Crippen LogP contribution in [-0.4, -0.2) is 11.7 Å². The van der Waals surface area contributed by atoms with Gasteiger partial charge in [0.1, 0.15) is 0 Å². The second-order valence-corrected chi connectivity index (χ2v) is 5.26. The Morgan fingerprint density at radius 3 is 2.24 bits per heavy atom. The normalized spacial score (nSPS) is 11.8. The van der Waals surface area contributed by atoms with Gasteiger partial charge in [0, 0.05) is 5.56 Å². The molecule has 0 saturated carbocycles. The minimum absolute atomic E-state index is 0.0225. The van der Waals surface area contributed by atoms with Gasteiger partial charge < -0.3 is 5.32 Å². The van der Waals surface area contributed by atoms with Gasteiger partial charge >= 0.3 is 0 Å². The first kappa shape index (κ1) is 15.3. The lowest BCUT2D eigenvalue weighted by atomic mass is 10.0. The summed E-state index contributed by atoms with van der Waals surface area (Å²) >= 11 is 6.01. The highest BCUT2D eigenvalue weighted by atomic mass is 35.5. The smallest absolute Gasteiger partial charge is 0.253 e. The Kier molecular flexibility index (Phi) is 4.76. The molecule has 0 aromatic heterocycles. The standard InChI is InChI=1S/C17H16ClNO2/c1-11(13-7-9-14(10-8-13)12(2)20)19-17(21)15-5-3-4-6-16(15)18/h3-11H,1-2H3,(H,19,21). The fourth-order valence-electron chi connectivity index (χ4n) is 2.01. The first-order chi connectivity index (χ1) is 9.99. The van der Waals surface area contributed by atoms with Crippen LogP contribution in [0, 0.1) is 0 Å². The predicted molar refractivity (Wildman–Crippen MR) is 83.8 cm³/mol. The molecule has 4 heteroatoms. The summed E-state index contributed by atoms with van der Waals surface area (Å²) in [5.74, 6) is -0.196. The van der Waals surface area contributed by atoms with Gasteiger partial charge in [0.25, 0.3) is 5.91 Å². The molecule has 2 aromatic rings. The SMILES string of the molecule is CC(=O)c1ccc(C(C)NC(=O)c2ccccc2Cl)cc1. The second-order valence-electron chi connectivity index (χ2n) is 4.85. The third-order valence-electron chi connectivity index (χ3n) is 3.28. The summed E-state index contributed by atoms with van der Waals surface area (Å²) in [5, 5.41) is 3.32. The molecular formula is C17H16ClNO2. The minimum atomic E-state index is -0.219. The summed E-state index contributed by atoms with van der Waals surface area (Å²) in [6.07, 6.45) is 0. The average Bonchev–Trinajstić information content (AvgIpc) is 2.47. The van der Waals surface area contributed by atoms with Crippen molar-refractivity contribution in [1.82, 2.24) is 5.32 Å². The molecular weight excluding hydrogens is 286 g/mol. The van der Waals surface area contributed by atoms with E-state index in [0.717, 1.165) is 5.56 Å². The largest absolute Gasteiger partial charge is 0.345 e. The number of hydrogen-bond acceptors (Lipinski definition) is 2. The Balaban J connectivity index is 2.11. The van der Waals surface area contributed by atoms with Crippen molar-refractivity contribution in [2.45, 2.75) is 19.9 Å². The van der Waals surface area contributed by atoms with Crippen molar-refractivity contribution in [3.8, 4) is 0 Å². The van der Waals surface area contributed by atoms with E-state index in [1.54, 1.807) is 36.4 Å². The summed E-state index contributed by atoms with van der Waals surface area (Å²) in [6, 6.07) is 13.9. The fourth-order valence-corrected chi connectivity index (χ4v) is 2.23. The van der Waals surface area contributed by atoms with Crippen molar-refractivity contribution in [2.75, 3.05) is 0 Å². The summed E-state index contributed by atoms with van der Waals surface area (Å²) < 4.78 is 0.